The lowest BCUT2D eigenvalue weighted by atomic mass is 10.4. The van der Waals surface area contributed by atoms with Crippen molar-refractivity contribution in [1.82, 2.24) is 9.80 Å². The number of carbonyl (C=O) groups is 2. The second-order valence-electron chi connectivity index (χ2n) is 2.92. The Bertz CT molecular complexity index is 341. The summed E-state index contributed by atoms with van der Waals surface area (Å²) in [6.45, 7) is 0.0371. The molecule has 1 saturated heterocycles. The van der Waals surface area contributed by atoms with Crippen LogP contribution in [0.5, 0.6) is 0 Å². The number of terminal acetylenes is 1. The highest BCUT2D eigenvalue weighted by Gasteiger charge is 2.34. The highest BCUT2D eigenvalue weighted by molar-refractivity contribution is 8.18. The lowest BCUT2D eigenvalue weighted by molar-refractivity contribution is -0.122. The average Bonchev–Trinajstić information content (AvgIpc) is 2.32. The molecule has 0 bridgehead atoms. The number of nitrogens with zero attached hydrogens (tertiary/aromatic N) is 2. The van der Waals surface area contributed by atoms with Gasteiger partial charge in [0.2, 0.25) is 0 Å². The molecule has 74 valence electrons. The summed E-state index contributed by atoms with van der Waals surface area (Å²) in [5, 5.41) is -0.305. The van der Waals surface area contributed by atoms with Crippen LogP contribution in [0.1, 0.15) is 0 Å². The van der Waals surface area contributed by atoms with Crippen molar-refractivity contribution >= 4 is 22.9 Å². The van der Waals surface area contributed by atoms with Crippen molar-refractivity contribution in [2.24, 2.45) is 0 Å². The maximum Gasteiger partial charge on any atom is 0.294 e. The maximum absolute atomic E-state index is 11.5. The van der Waals surface area contributed by atoms with Crippen molar-refractivity contribution in [1.29, 1.82) is 0 Å². The SMILES string of the molecule is C#CCN1C(=O)S/C(=C\N(C)C)C1=O. The van der Waals surface area contributed by atoms with E-state index in [0.29, 0.717) is 4.91 Å². The Balaban J connectivity index is 2.85. The Labute approximate surface area is 86.9 Å². The fourth-order valence-corrected chi connectivity index (χ4v) is 1.86. The number of imide groups is 1. The van der Waals surface area contributed by atoms with Gasteiger partial charge in [0.05, 0.1) is 11.4 Å². The van der Waals surface area contributed by atoms with E-state index in [-0.39, 0.29) is 17.7 Å². The summed E-state index contributed by atoms with van der Waals surface area (Å²) in [4.78, 5) is 26.0. The molecule has 1 aliphatic rings. The first kappa shape index (κ1) is 10.7. The van der Waals surface area contributed by atoms with Gasteiger partial charge >= 0.3 is 0 Å². The third kappa shape index (κ3) is 2.09. The topological polar surface area (TPSA) is 40.6 Å². The molecule has 0 unspecified atom stereocenters. The molecular formula is C9H10N2O2S. The molecule has 0 aliphatic carbocycles. The van der Waals surface area contributed by atoms with E-state index in [2.05, 4.69) is 5.92 Å². The lowest BCUT2D eigenvalue weighted by Gasteiger charge is -2.07. The molecule has 4 nitrogen and oxygen atoms in total. The zero-order valence-electron chi connectivity index (χ0n) is 7.98. The van der Waals surface area contributed by atoms with E-state index in [1.165, 1.54) is 0 Å². The van der Waals surface area contributed by atoms with Gasteiger partial charge in [0.1, 0.15) is 0 Å². The van der Waals surface area contributed by atoms with E-state index < -0.39 is 0 Å². The monoisotopic (exact) mass is 210 g/mol. The first-order chi connectivity index (χ1) is 6.56. The van der Waals surface area contributed by atoms with Crippen LogP contribution in [0.4, 0.5) is 4.79 Å². The minimum Gasteiger partial charge on any atom is -0.382 e. The molecule has 1 rings (SSSR count). The Morgan fingerprint density at radius 1 is 1.57 bits per heavy atom. The van der Waals surface area contributed by atoms with Crippen molar-refractivity contribution in [2.75, 3.05) is 20.6 Å². The van der Waals surface area contributed by atoms with E-state index in [0.717, 1.165) is 16.7 Å². The van der Waals surface area contributed by atoms with Crippen molar-refractivity contribution in [3.8, 4) is 12.3 Å². The Morgan fingerprint density at radius 3 is 2.71 bits per heavy atom. The maximum atomic E-state index is 11.5. The molecule has 14 heavy (non-hydrogen) atoms. The van der Waals surface area contributed by atoms with Crippen LogP contribution < -0.4 is 0 Å². The van der Waals surface area contributed by atoms with Gasteiger partial charge in [0, 0.05) is 20.3 Å². The minimum atomic E-state index is -0.313. The van der Waals surface area contributed by atoms with Gasteiger partial charge in [-0.1, -0.05) is 5.92 Å². The number of rotatable bonds is 2. The summed E-state index contributed by atoms with van der Waals surface area (Å²) in [5.74, 6) is 1.96. The van der Waals surface area contributed by atoms with Crippen LogP contribution in [0.2, 0.25) is 0 Å². The van der Waals surface area contributed by atoms with Crippen LogP contribution in [-0.2, 0) is 4.79 Å². The van der Waals surface area contributed by atoms with Crippen molar-refractivity contribution in [3.05, 3.63) is 11.1 Å². The van der Waals surface area contributed by atoms with Gasteiger partial charge in [0.15, 0.2) is 0 Å². The summed E-state index contributed by atoms with van der Waals surface area (Å²) in [5.41, 5.74) is 0. The number of amides is 2. The van der Waals surface area contributed by atoms with Crippen molar-refractivity contribution in [2.45, 2.75) is 0 Å². The molecule has 0 aromatic heterocycles. The van der Waals surface area contributed by atoms with Gasteiger partial charge in [-0.2, -0.15) is 0 Å². The molecule has 1 heterocycles. The van der Waals surface area contributed by atoms with Gasteiger partial charge in [-0.05, 0) is 11.8 Å². The van der Waals surface area contributed by atoms with Gasteiger partial charge in [-0.3, -0.25) is 14.5 Å². The number of carbonyl (C=O) groups excluding carboxylic acids is 2. The van der Waals surface area contributed by atoms with E-state index in [1.54, 1.807) is 25.2 Å². The van der Waals surface area contributed by atoms with Gasteiger partial charge in [-0.25, -0.2) is 0 Å². The molecule has 0 saturated carbocycles. The lowest BCUT2D eigenvalue weighted by Crippen LogP contribution is -2.28. The van der Waals surface area contributed by atoms with Gasteiger partial charge in [-0.15, -0.1) is 6.42 Å². The first-order valence-electron chi connectivity index (χ1n) is 3.91. The highest BCUT2D eigenvalue weighted by atomic mass is 32.2. The first-order valence-corrected chi connectivity index (χ1v) is 4.73. The average molecular weight is 210 g/mol. The van der Waals surface area contributed by atoms with Crippen molar-refractivity contribution in [3.63, 3.8) is 0 Å². The third-order valence-corrected chi connectivity index (χ3v) is 2.39. The van der Waals surface area contributed by atoms with Crippen LogP contribution in [0.3, 0.4) is 0 Å². The molecule has 0 spiro atoms. The molecule has 0 aromatic rings. The second-order valence-corrected chi connectivity index (χ2v) is 3.91. The molecule has 1 fully saturated rings. The van der Waals surface area contributed by atoms with E-state index in [4.69, 9.17) is 6.42 Å². The molecule has 5 heteroatoms. The van der Waals surface area contributed by atoms with E-state index >= 15 is 0 Å². The highest BCUT2D eigenvalue weighted by Crippen LogP contribution is 2.29. The zero-order valence-corrected chi connectivity index (χ0v) is 8.80. The fraction of sp³-hybridized carbons (Fsp3) is 0.333. The smallest absolute Gasteiger partial charge is 0.294 e. The summed E-state index contributed by atoms with van der Waals surface area (Å²) in [7, 11) is 3.57. The molecule has 2 amide bonds. The van der Waals surface area contributed by atoms with Crippen LogP contribution in [0.15, 0.2) is 11.1 Å². The second kappa shape index (κ2) is 4.20. The predicted molar refractivity (Wildman–Crippen MR) is 55.3 cm³/mol. The predicted octanol–water partition coefficient (Wildman–Crippen LogP) is 0.718. The third-order valence-electron chi connectivity index (χ3n) is 1.50. The fourth-order valence-electron chi connectivity index (χ4n) is 0.952. The number of thioether (sulfide) groups is 1. The molecule has 0 aromatic carbocycles. The van der Waals surface area contributed by atoms with Gasteiger partial charge in [0.25, 0.3) is 11.1 Å². The molecule has 0 N–H and O–H groups in total. The van der Waals surface area contributed by atoms with Crippen LogP contribution >= 0.6 is 11.8 Å². The van der Waals surface area contributed by atoms with Crippen molar-refractivity contribution < 1.29 is 9.59 Å². The largest absolute Gasteiger partial charge is 0.382 e. The summed E-state index contributed by atoms with van der Waals surface area (Å²) < 4.78 is 0. The summed E-state index contributed by atoms with van der Waals surface area (Å²) >= 11 is 0.911. The van der Waals surface area contributed by atoms with Crippen LogP contribution in [0.25, 0.3) is 0 Å². The Hall–Kier alpha value is -1.41. The van der Waals surface area contributed by atoms with Crippen LogP contribution in [0, 0.1) is 12.3 Å². The minimum absolute atomic E-state index is 0.0371. The molecule has 1 aliphatic heterocycles. The van der Waals surface area contributed by atoms with E-state index in [1.807, 2.05) is 0 Å². The van der Waals surface area contributed by atoms with Crippen LogP contribution in [-0.4, -0.2) is 41.6 Å². The molecule has 0 radical (unpaired) electrons. The zero-order chi connectivity index (χ0) is 10.7. The quantitative estimate of drug-likeness (QED) is 0.497. The number of hydrogen-bond donors (Lipinski definition) is 0. The molecular weight excluding hydrogens is 200 g/mol. The number of hydrogen-bond acceptors (Lipinski definition) is 4. The Morgan fingerprint density at radius 2 is 2.21 bits per heavy atom. The molecule has 0 atom stereocenters. The Kier molecular flexibility index (Phi) is 3.20. The standard InChI is InChI=1S/C9H10N2O2S/c1-4-5-11-8(12)7(6-10(2)3)14-9(11)13/h1,6H,5H2,2-3H3/b7-6-. The van der Waals surface area contributed by atoms with E-state index in [9.17, 15) is 9.59 Å². The normalized spacial score (nSPS) is 18.9. The summed E-state index contributed by atoms with van der Waals surface area (Å²) in [6, 6.07) is 0. The van der Waals surface area contributed by atoms with Gasteiger partial charge < -0.3 is 4.90 Å². The summed E-state index contributed by atoms with van der Waals surface area (Å²) in [6.07, 6.45) is 6.66.